The number of hydrogen-bond acceptors (Lipinski definition) is 1. The SMILES string of the molecule is CC(C)(C)NC(=O)/C=C/c1cccc(C(F)(F)F)c1. The zero-order valence-corrected chi connectivity index (χ0v) is 11.0. The third-order valence-electron chi connectivity index (χ3n) is 2.14. The molecule has 1 aromatic rings. The fourth-order valence-corrected chi connectivity index (χ4v) is 1.40. The van der Waals surface area contributed by atoms with Crippen molar-refractivity contribution in [2.24, 2.45) is 0 Å². The summed E-state index contributed by atoms with van der Waals surface area (Å²) in [4.78, 5) is 11.5. The van der Waals surface area contributed by atoms with Crippen molar-refractivity contribution in [3.8, 4) is 0 Å². The van der Waals surface area contributed by atoms with E-state index >= 15 is 0 Å². The van der Waals surface area contributed by atoms with Gasteiger partial charge in [0.25, 0.3) is 0 Å². The standard InChI is InChI=1S/C14H16F3NO/c1-13(2,3)18-12(19)8-7-10-5-4-6-11(9-10)14(15,16)17/h4-9H,1-3H3,(H,18,19)/b8-7+. The smallest absolute Gasteiger partial charge is 0.348 e. The molecule has 0 atom stereocenters. The maximum atomic E-state index is 12.5. The molecule has 0 saturated heterocycles. The largest absolute Gasteiger partial charge is 0.416 e. The number of carbonyl (C=O) groups is 1. The van der Waals surface area contributed by atoms with Crippen LogP contribution in [-0.2, 0) is 11.0 Å². The molecular formula is C14H16F3NO. The van der Waals surface area contributed by atoms with Gasteiger partial charge in [-0.1, -0.05) is 12.1 Å². The van der Waals surface area contributed by atoms with Gasteiger partial charge < -0.3 is 5.32 Å². The number of nitrogens with one attached hydrogen (secondary N) is 1. The molecule has 1 amide bonds. The lowest BCUT2D eigenvalue weighted by atomic mass is 10.1. The number of hydrogen-bond donors (Lipinski definition) is 1. The molecule has 1 aromatic carbocycles. The summed E-state index contributed by atoms with van der Waals surface area (Å²) < 4.78 is 37.5. The van der Waals surface area contributed by atoms with E-state index in [9.17, 15) is 18.0 Å². The van der Waals surface area contributed by atoms with Gasteiger partial charge in [0.2, 0.25) is 5.91 Å². The van der Waals surface area contributed by atoms with Gasteiger partial charge in [-0.25, -0.2) is 0 Å². The highest BCUT2D eigenvalue weighted by Gasteiger charge is 2.30. The maximum Gasteiger partial charge on any atom is 0.416 e. The van der Waals surface area contributed by atoms with Crippen LogP contribution in [0.5, 0.6) is 0 Å². The molecule has 1 N–H and O–H groups in total. The molecule has 0 radical (unpaired) electrons. The van der Waals surface area contributed by atoms with Gasteiger partial charge in [-0.15, -0.1) is 0 Å². The van der Waals surface area contributed by atoms with Crippen LogP contribution in [0, 0.1) is 0 Å². The number of halogens is 3. The van der Waals surface area contributed by atoms with Crippen molar-refractivity contribution in [1.29, 1.82) is 0 Å². The van der Waals surface area contributed by atoms with Crippen LogP contribution < -0.4 is 5.32 Å². The summed E-state index contributed by atoms with van der Waals surface area (Å²) in [6, 6.07) is 4.81. The van der Waals surface area contributed by atoms with E-state index in [1.54, 1.807) is 0 Å². The molecule has 19 heavy (non-hydrogen) atoms. The zero-order valence-electron chi connectivity index (χ0n) is 11.0. The molecule has 0 aliphatic carbocycles. The second-order valence-electron chi connectivity index (χ2n) is 5.20. The lowest BCUT2D eigenvalue weighted by Crippen LogP contribution is -2.39. The summed E-state index contributed by atoms with van der Waals surface area (Å²) >= 11 is 0. The second-order valence-corrected chi connectivity index (χ2v) is 5.20. The Labute approximate surface area is 110 Å². The monoisotopic (exact) mass is 271 g/mol. The lowest BCUT2D eigenvalue weighted by molar-refractivity contribution is -0.137. The molecule has 104 valence electrons. The van der Waals surface area contributed by atoms with Gasteiger partial charge in [-0.05, 0) is 44.5 Å². The Bertz CT molecular complexity index is 484. The van der Waals surface area contributed by atoms with Crippen molar-refractivity contribution in [3.63, 3.8) is 0 Å². The maximum absolute atomic E-state index is 12.5. The molecule has 0 fully saturated rings. The number of benzene rings is 1. The van der Waals surface area contributed by atoms with E-state index in [2.05, 4.69) is 5.32 Å². The third-order valence-corrected chi connectivity index (χ3v) is 2.14. The average molecular weight is 271 g/mol. The summed E-state index contributed by atoms with van der Waals surface area (Å²) in [6.07, 6.45) is -1.80. The van der Waals surface area contributed by atoms with Crippen LogP contribution in [0.4, 0.5) is 13.2 Å². The van der Waals surface area contributed by atoms with Crippen molar-refractivity contribution >= 4 is 12.0 Å². The molecule has 0 spiro atoms. The van der Waals surface area contributed by atoms with Gasteiger partial charge in [0, 0.05) is 11.6 Å². The van der Waals surface area contributed by atoms with Gasteiger partial charge in [-0.3, -0.25) is 4.79 Å². The Morgan fingerprint density at radius 3 is 2.37 bits per heavy atom. The van der Waals surface area contributed by atoms with E-state index in [0.717, 1.165) is 12.1 Å². The first-order valence-electron chi connectivity index (χ1n) is 5.75. The molecule has 0 unspecified atom stereocenters. The zero-order chi connectivity index (χ0) is 14.7. The molecule has 0 aromatic heterocycles. The van der Waals surface area contributed by atoms with Crippen molar-refractivity contribution in [2.75, 3.05) is 0 Å². The van der Waals surface area contributed by atoms with Crippen molar-refractivity contribution in [2.45, 2.75) is 32.5 Å². The molecular weight excluding hydrogens is 255 g/mol. The van der Waals surface area contributed by atoms with Crippen LogP contribution in [0.3, 0.4) is 0 Å². The highest BCUT2D eigenvalue weighted by atomic mass is 19.4. The van der Waals surface area contributed by atoms with Gasteiger partial charge in [0.05, 0.1) is 5.56 Å². The Kier molecular flexibility index (Phi) is 4.39. The molecule has 0 saturated carbocycles. The van der Waals surface area contributed by atoms with E-state index in [-0.39, 0.29) is 11.4 Å². The second kappa shape index (κ2) is 5.47. The molecule has 2 nitrogen and oxygen atoms in total. The minimum atomic E-state index is -4.38. The molecule has 1 rings (SSSR count). The molecule has 0 heterocycles. The fourth-order valence-electron chi connectivity index (χ4n) is 1.40. The first kappa shape index (κ1) is 15.3. The number of carbonyl (C=O) groups excluding carboxylic acids is 1. The van der Waals surface area contributed by atoms with Gasteiger partial charge in [-0.2, -0.15) is 13.2 Å². The van der Waals surface area contributed by atoms with Crippen LogP contribution in [0.25, 0.3) is 6.08 Å². The summed E-state index contributed by atoms with van der Waals surface area (Å²) in [7, 11) is 0. The minimum absolute atomic E-state index is 0.332. The topological polar surface area (TPSA) is 29.1 Å². The minimum Gasteiger partial charge on any atom is -0.348 e. The summed E-state index contributed by atoms with van der Waals surface area (Å²) in [5.74, 6) is -0.343. The van der Waals surface area contributed by atoms with Crippen LogP contribution in [0.15, 0.2) is 30.3 Å². The Balaban J connectivity index is 2.80. The number of rotatable bonds is 2. The first-order chi connectivity index (χ1) is 8.58. The summed E-state index contributed by atoms with van der Waals surface area (Å²) in [5, 5.41) is 2.69. The average Bonchev–Trinajstić information content (AvgIpc) is 2.23. The van der Waals surface area contributed by atoms with Gasteiger partial charge in [0.15, 0.2) is 0 Å². The highest BCUT2D eigenvalue weighted by molar-refractivity contribution is 5.92. The molecule has 0 aliphatic heterocycles. The molecule has 0 bridgehead atoms. The van der Waals surface area contributed by atoms with E-state index in [1.807, 2.05) is 20.8 Å². The van der Waals surface area contributed by atoms with Gasteiger partial charge >= 0.3 is 6.18 Å². The van der Waals surface area contributed by atoms with E-state index in [4.69, 9.17) is 0 Å². The van der Waals surface area contributed by atoms with Crippen molar-refractivity contribution in [1.82, 2.24) is 5.32 Å². The summed E-state index contributed by atoms with van der Waals surface area (Å²) in [6.45, 7) is 5.47. The van der Waals surface area contributed by atoms with Gasteiger partial charge in [0.1, 0.15) is 0 Å². The number of alkyl halides is 3. The van der Waals surface area contributed by atoms with E-state index < -0.39 is 11.7 Å². The predicted octanol–water partition coefficient (Wildman–Crippen LogP) is 3.63. The van der Waals surface area contributed by atoms with E-state index in [1.165, 1.54) is 24.3 Å². The molecule has 0 aliphatic rings. The normalized spacial score (nSPS) is 12.7. The van der Waals surface area contributed by atoms with Crippen molar-refractivity contribution < 1.29 is 18.0 Å². The Morgan fingerprint density at radius 2 is 1.84 bits per heavy atom. The number of amides is 1. The van der Waals surface area contributed by atoms with Crippen LogP contribution in [0.2, 0.25) is 0 Å². The fraction of sp³-hybridized carbons (Fsp3) is 0.357. The lowest BCUT2D eigenvalue weighted by Gasteiger charge is -2.18. The molecule has 5 heteroatoms. The Hall–Kier alpha value is -1.78. The van der Waals surface area contributed by atoms with Crippen LogP contribution in [-0.4, -0.2) is 11.4 Å². The van der Waals surface area contributed by atoms with Crippen LogP contribution in [0.1, 0.15) is 31.9 Å². The Morgan fingerprint density at radius 1 is 1.21 bits per heavy atom. The summed E-state index contributed by atoms with van der Waals surface area (Å²) in [5.41, 5.74) is -0.778. The third kappa shape index (κ3) is 5.59. The quantitative estimate of drug-likeness (QED) is 0.818. The highest BCUT2D eigenvalue weighted by Crippen LogP contribution is 2.29. The van der Waals surface area contributed by atoms with Crippen LogP contribution >= 0.6 is 0 Å². The first-order valence-corrected chi connectivity index (χ1v) is 5.75. The van der Waals surface area contributed by atoms with E-state index in [0.29, 0.717) is 5.56 Å². The predicted molar refractivity (Wildman–Crippen MR) is 68.4 cm³/mol. The van der Waals surface area contributed by atoms with Crippen molar-refractivity contribution in [3.05, 3.63) is 41.5 Å².